The normalized spacial score (nSPS) is 11.7. The number of carbonyl (C=O) groups is 1. The van der Waals surface area contributed by atoms with Crippen LogP contribution >= 0.6 is 27.3 Å². The molecule has 0 atom stereocenters. The first-order valence-corrected chi connectivity index (χ1v) is 12.6. The largest absolute Gasteiger partial charge is 0.465 e. The molecule has 0 amide bonds. The van der Waals surface area contributed by atoms with Gasteiger partial charge in [-0.05, 0) is 28.0 Å². The molecule has 0 fully saturated rings. The molecule has 0 aromatic carbocycles. The highest BCUT2D eigenvalue weighted by atomic mass is 79.9. The lowest BCUT2D eigenvalue weighted by atomic mass is 10.3. The fourth-order valence-corrected chi connectivity index (χ4v) is 4.33. The van der Waals surface area contributed by atoms with Crippen molar-refractivity contribution in [1.82, 2.24) is 9.78 Å². The molecule has 2 aromatic rings. The van der Waals surface area contributed by atoms with E-state index in [1.165, 1.54) is 18.4 Å². The SMILES string of the molecule is COC(=O)c1sc(-c2cnn(COCC[Si](C)(C)C)c2)cc1Br. The van der Waals surface area contributed by atoms with Gasteiger partial charge in [0.2, 0.25) is 0 Å². The van der Waals surface area contributed by atoms with Crippen molar-refractivity contribution in [2.24, 2.45) is 0 Å². The molecule has 0 N–H and O–H groups in total. The molecule has 5 nitrogen and oxygen atoms in total. The van der Waals surface area contributed by atoms with E-state index in [2.05, 4.69) is 40.7 Å². The van der Waals surface area contributed by atoms with E-state index in [-0.39, 0.29) is 5.97 Å². The van der Waals surface area contributed by atoms with Crippen LogP contribution in [0.15, 0.2) is 22.9 Å². The number of aromatic nitrogens is 2. The van der Waals surface area contributed by atoms with Crippen LogP contribution in [-0.4, -0.2) is 37.5 Å². The van der Waals surface area contributed by atoms with Gasteiger partial charge in [-0.25, -0.2) is 9.48 Å². The van der Waals surface area contributed by atoms with Crippen molar-refractivity contribution in [2.45, 2.75) is 32.4 Å². The molecule has 0 unspecified atom stereocenters. The van der Waals surface area contributed by atoms with Gasteiger partial charge in [-0.3, -0.25) is 0 Å². The zero-order valence-corrected chi connectivity index (χ0v) is 17.2. The monoisotopic (exact) mass is 416 g/mol. The Balaban J connectivity index is 1.98. The second kappa shape index (κ2) is 7.74. The molecule has 0 spiro atoms. The van der Waals surface area contributed by atoms with Crippen molar-refractivity contribution in [3.63, 3.8) is 0 Å². The molecule has 0 saturated carbocycles. The average molecular weight is 417 g/mol. The fourth-order valence-electron chi connectivity index (χ4n) is 1.84. The summed E-state index contributed by atoms with van der Waals surface area (Å²) < 4.78 is 13.0. The minimum absolute atomic E-state index is 0.338. The fraction of sp³-hybridized carbons (Fsp3) is 0.467. The molecule has 0 saturated heterocycles. The number of ether oxygens (including phenoxy) is 2. The Morgan fingerprint density at radius 3 is 2.83 bits per heavy atom. The number of halogens is 1. The molecular weight excluding hydrogens is 396 g/mol. The van der Waals surface area contributed by atoms with Crippen LogP contribution in [0.4, 0.5) is 0 Å². The van der Waals surface area contributed by atoms with Crippen LogP contribution in [0.3, 0.4) is 0 Å². The minimum atomic E-state index is -1.06. The summed E-state index contributed by atoms with van der Waals surface area (Å²) in [6.45, 7) is 8.20. The number of esters is 1. The van der Waals surface area contributed by atoms with Crippen molar-refractivity contribution in [3.8, 4) is 10.4 Å². The lowest BCUT2D eigenvalue weighted by Crippen LogP contribution is -2.22. The summed E-state index contributed by atoms with van der Waals surface area (Å²) >= 11 is 4.77. The predicted octanol–water partition coefficient (Wildman–Crippen LogP) is 4.47. The van der Waals surface area contributed by atoms with Crippen LogP contribution in [-0.2, 0) is 16.2 Å². The van der Waals surface area contributed by atoms with E-state index in [4.69, 9.17) is 9.47 Å². The molecule has 126 valence electrons. The van der Waals surface area contributed by atoms with Gasteiger partial charge in [-0.1, -0.05) is 19.6 Å². The Morgan fingerprint density at radius 1 is 1.43 bits per heavy atom. The predicted molar refractivity (Wildman–Crippen MR) is 98.7 cm³/mol. The smallest absolute Gasteiger partial charge is 0.349 e. The molecular formula is C15H21BrN2O3SSi. The van der Waals surface area contributed by atoms with E-state index < -0.39 is 8.07 Å². The Labute approximate surface area is 149 Å². The maximum atomic E-state index is 11.7. The molecule has 0 radical (unpaired) electrons. The second-order valence-electron chi connectivity index (χ2n) is 6.40. The number of rotatable bonds is 7. The van der Waals surface area contributed by atoms with Crippen LogP contribution in [0.2, 0.25) is 25.7 Å². The molecule has 0 aliphatic rings. The maximum Gasteiger partial charge on any atom is 0.349 e. The Morgan fingerprint density at radius 2 is 2.17 bits per heavy atom. The Kier molecular flexibility index (Phi) is 6.18. The summed E-state index contributed by atoms with van der Waals surface area (Å²) in [5, 5.41) is 4.31. The van der Waals surface area contributed by atoms with Crippen molar-refractivity contribution in [3.05, 3.63) is 27.8 Å². The van der Waals surface area contributed by atoms with Gasteiger partial charge in [0.05, 0.1) is 13.3 Å². The zero-order chi connectivity index (χ0) is 17.0. The third-order valence-corrected chi connectivity index (χ3v) is 6.95. The van der Waals surface area contributed by atoms with Crippen LogP contribution in [0.25, 0.3) is 10.4 Å². The Bertz CT molecular complexity index is 679. The lowest BCUT2D eigenvalue weighted by Gasteiger charge is -2.15. The van der Waals surface area contributed by atoms with Gasteiger partial charge in [0.1, 0.15) is 11.6 Å². The number of methoxy groups -OCH3 is 1. The third-order valence-electron chi connectivity index (χ3n) is 3.20. The van der Waals surface area contributed by atoms with E-state index >= 15 is 0 Å². The van der Waals surface area contributed by atoms with Gasteiger partial charge < -0.3 is 9.47 Å². The number of thiophene rings is 1. The van der Waals surface area contributed by atoms with Crippen LogP contribution in [0, 0.1) is 0 Å². The summed E-state index contributed by atoms with van der Waals surface area (Å²) in [7, 11) is 0.316. The minimum Gasteiger partial charge on any atom is -0.465 e. The first-order valence-electron chi connectivity index (χ1n) is 7.28. The zero-order valence-electron chi connectivity index (χ0n) is 13.8. The molecule has 8 heteroatoms. The summed E-state index contributed by atoms with van der Waals surface area (Å²) in [4.78, 5) is 13.2. The van der Waals surface area contributed by atoms with Gasteiger partial charge in [0.25, 0.3) is 0 Å². The average Bonchev–Trinajstić information content (AvgIpc) is 3.08. The number of carbonyl (C=O) groups excluding carboxylic acids is 1. The van der Waals surface area contributed by atoms with Crippen molar-refractivity contribution < 1.29 is 14.3 Å². The van der Waals surface area contributed by atoms with Gasteiger partial charge in [0, 0.05) is 35.8 Å². The summed E-state index contributed by atoms with van der Waals surface area (Å²) in [5.74, 6) is -0.338. The molecule has 2 heterocycles. The molecule has 23 heavy (non-hydrogen) atoms. The van der Waals surface area contributed by atoms with Crippen molar-refractivity contribution in [1.29, 1.82) is 0 Å². The molecule has 0 aliphatic carbocycles. The first kappa shape index (κ1) is 18.4. The van der Waals surface area contributed by atoms with Crippen LogP contribution in [0.5, 0.6) is 0 Å². The van der Waals surface area contributed by atoms with Gasteiger partial charge >= 0.3 is 5.97 Å². The van der Waals surface area contributed by atoms with E-state index in [0.717, 1.165) is 27.6 Å². The van der Waals surface area contributed by atoms with Crippen LogP contribution < -0.4 is 0 Å². The van der Waals surface area contributed by atoms with Gasteiger partial charge in [0.15, 0.2) is 0 Å². The quantitative estimate of drug-likeness (QED) is 0.379. The van der Waals surface area contributed by atoms with E-state index in [0.29, 0.717) is 11.6 Å². The first-order chi connectivity index (χ1) is 10.8. The summed E-state index contributed by atoms with van der Waals surface area (Å²) in [5.41, 5.74) is 0.958. The number of hydrogen-bond acceptors (Lipinski definition) is 5. The summed E-state index contributed by atoms with van der Waals surface area (Å²) in [6, 6.07) is 3.05. The van der Waals surface area contributed by atoms with E-state index in [9.17, 15) is 4.79 Å². The standard InChI is InChI=1S/C15H21BrN2O3SSi/c1-20-15(19)14-12(16)7-13(22-14)11-8-17-18(9-11)10-21-5-6-23(2,3)4/h7-9H,5-6,10H2,1-4H3. The Hall–Kier alpha value is -0.963. The highest BCUT2D eigenvalue weighted by Gasteiger charge is 2.17. The lowest BCUT2D eigenvalue weighted by molar-refractivity contribution is 0.0605. The topological polar surface area (TPSA) is 53.3 Å². The maximum absolute atomic E-state index is 11.7. The third kappa shape index (κ3) is 5.27. The highest BCUT2D eigenvalue weighted by Crippen LogP contribution is 2.34. The highest BCUT2D eigenvalue weighted by molar-refractivity contribution is 9.10. The van der Waals surface area contributed by atoms with Gasteiger partial charge in [-0.2, -0.15) is 5.10 Å². The molecule has 2 rings (SSSR count). The number of hydrogen-bond donors (Lipinski definition) is 0. The van der Waals surface area contributed by atoms with E-state index in [1.807, 2.05) is 12.3 Å². The van der Waals surface area contributed by atoms with Crippen LogP contribution in [0.1, 0.15) is 9.67 Å². The van der Waals surface area contributed by atoms with E-state index in [1.54, 1.807) is 10.9 Å². The van der Waals surface area contributed by atoms with Crippen molar-refractivity contribution >= 4 is 41.3 Å². The number of nitrogens with zero attached hydrogens (tertiary/aromatic N) is 2. The molecule has 0 bridgehead atoms. The van der Waals surface area contributed by atoms with Crippen molar-refractivity contribution in [2.75, 3.05) is 13.7 Å². The molecule has 0 aliphatic heterocycles. The summed E-state index contributed by atoms with van der Waals surface area (Å²) in [6.07, 6.45) is 3.70. The molecule has 2 aromatic heterocycles. The van der Waals surface area contributed by atoms with Gasteiger partial charge in [-0.15, -0.1) is 11.3 Å². The second-order valence-corrected chi connectivity index (χ2v) is 13.9.